The molecule has 0 aromatic heterocycles. The van der Waals surface area contributed by atoms with E-state index in [0.717, 1.165) is 12.1 Å². The van der Waals surface area contributed by atoms with Gasteiger partial charge in [0.2, 0.25) is 0 Å². The maximum atomic E-state index is 12.7. The number of phenolic OH excluding ortho intramolecular Hbond substituents is 1. The summed E-state index contributed by atoms with van der Waals surface area (Å²) in [7, 11) is 0. The first kappa shape index (κ1) is 9.98. The smallest absolute Gasteiger partial charge is 0.177 e. The Kier molecular flexibility index (Phi) is 2.87. The van der Waals surface area contributed by atoms with E-state index in [1.54, 1.807) is 0 Å². The standard InChI is InChI=1S/C8H7BrFNO2/c9-3-7(12)5-1-4(10)2-6(11)8(5)13/h1-2,13H,3,11H2. The molecule has 1 aromatic carbocycles. The molecule has 1 rings (SSSR count). The van der Waals surface area contributed by atoms with E-state index in [4.69, 9.17) is 5.73 Å². The van der Waals surface area contributed by atoms with Crippen LogP contribution in [-0.2, 0) is 0 Å². The summed E-state index contributed by atoms with van der Waals surface area (Å²) in [5, 5.41) is 9.31. The minimum Gasteiger partial charge on any atom is -0.505 e. The number of ketones is 1. The highest BCUT2D eigenvalue weighted by molar-refractivity contribution is 9.09. The lowest BCUT2D eigenvalue weighted by Gasteiger charge is -2.04. The van der Waals surface area contributed by atoms with Gasteiger partial charge in [0.15, 0.2) is 5.78 Å². The maximum Gasteiger partial charge on any atom is 0.177 e. The van der Waals surface area contributed by atoms with Crippen molar-refractivity contribution in [1.82, 2.24) is 0 Å². The lowest BCUT2D eigenvalue weighted by molar-refractivity contribution is 0.102. The van der Waals surface area contributed by atoms with E-state index in [1.165, 1.54) is 0 Å². The number of phenols is 1. The van der Waals surface area contributed by atoms with Crippen LogP contribution in [0.3, 0.4) is 0 Å². The molecule has 0 bridgehead atoms. The van der Waals surface area contributed by atoms with Gasteiger partial charge in [-0.05, 0) is 6.07 Å². The molecule has 0 radical (unpaired) electrons. The van der Waals surface area contributed by atoms with Crippen LogP contribution in [0.5, 0.6) is 5.75 Å². The molecule has 0 fully saturated rings. The first-order valence-corrected chi connectivity index (χ1v) is 4.55. The second-order valence-electron chi connectivity index (χ2n) is 2.45. The molecule has 0 aliphatic rings. The third kappa shape index (κ3) is 1.98. The number of nitrogens with two attached hydrogens (primary N) is 1. The van der Waals surface area contributed by atoms with E-state index in [1.807, 2.05) is 0 Å². The number of hydrogen-bond acceptors (Lipinski definition) is 3. The second-order valence-corrected chi connectivity index (χ2v) is 3.01. The van der Waals surface area contributed by atoms with E-state index in [-0.39, 0.29) is 22.3 Å². The fourth-order valence-corrected chi connectivity index (χ4v) is 1.21. The molecule has 0 unspecified atom stereocenters. The summed E-state index contributed by atoms with van der Waals surface area (Å²) in [4.78, 5) is 11.1. The number of carbonyl (C=O) groups is 1. The van der Waals surface area contributed by atoms with Crippen LogP contribution in [0.25, 0.3) is 0 Å². The van der Waals surface area contributed by atoms with Crippen LogP contribution >= 0.6 is 15.9 Å². The van der Waals surface area contributed by atoms with Crippen molar-refractivity contribution in [3.63, 3.8) is 0 Å². The van der Waals surface area contributed by atoms with E-state index >= 15 is 0 Å². The number of nitrogen functional groups attached to an aromatic ring is 1. The molecule has 0 saturated heterocycles. The van der Waals surface area contributed by atoms with Crippen molar-refractivity contribution in [2.24, 2.45) is 0 Å². The van der Waals surface area contributed by atoms with Gasteiger partial charge in [-0.2, -0.15) is 0 Å². The van der Waals surface area contributed by atoms with Crippen molar-refractivity contribution in [3.05, 3.63) is 23.5 Å². The van der Waals surface area contributed by atoms with Crippen LogP contribution < -0.4 is 5.73 Å². The van der Waals surface area contributed by atoms with Crippen molar-refractivity contribution in [1.29, 1.82) is 0 Å². The molecule has 5 heteroatoms. The molecule has 0 amide bonds. The molecule has 0 atom stereocenters. The summed E-state index contributed by atoms with van der Waals surface area (Å²) in [5.74, 6) is -1.42. The molecule has 0 aliphatic heterocycles. The zero-order valence-electron chi connectivity index (χ0n) is 6.55. The number of Topliss-reactive ketones (excluding diaryl/α,β-unsaturated/α-hetero) is 1. The van der Waals surface area contributed by atoms with Crippen molar-refractivity contribution in [2.75, 3.05) is 11.1 Å². The van der Waals surface area contributed by atoms with E-state index in [9.17, 15) is 14.3 Å². The number of hydrogen-bond donors (Lipinski definition) is 2. The number of anilines is 1. The highest BCUT2D eigenvalue weighted by atomic mass is 79.9. The Labute approximate surface area is 82.5 Å². The Morgan fingerprint density at radius 1 is 1.62 bits per heavy atom. The lowest BCUT2D eigenvalue weighted by Crippen LogP contribution is -2.03. The van der Waals surface area contributed by atoms with Crippen LogP contribution in [-0.4, -0.2) is 16.2 Å². The van der Waals surface area contributed by atoms with Crippen molar-refractivity contribution in [3.8, 4) is 5.75 Å². The fourth-order valence-electron chi connectivity index (χ4n) is 0.905. The average molecular weight is 248 g/mol. The number of halogens is 2. The summed E-state index contributed by atoms with van der Waals surface area (Å²) < 4.78 is 12.7. The van der Waals surface area contributed by atoms with Crippen LogP contribution in [0, 0.1) is 5.82 Å². The molecule has 70 valence electrons. The predicted octanol–water partition coefficient (Wildman–Crippen LogP) is 1.69. The van der Waals surface area contributed by atoms with Gasteiger partial charge in [-0.25, -0.2) is 4.39 Å². The molecule has 0 spiro atoms. The lowest BCUT2D eigenvalue weighted by atomic mass is 10.1. The number of benzene rings is 1. The van der Waals surface area contributed by atoms with Crippen LogP contribution in [0.1, 0.15) is 10.4 Å². The van der Waals surface area contributed by atoms with Gasteiger partial charge in [-0.3, -0.25) is 4.79 Å². The molecule has 3 N–H and O–H groups in total. The Morgan fingerprint density at radius 2 is 2.23 bits per heavy atom. The second kappa shape index (κ2) is 3.74. The number of rotatable bonds is 2. The molecule has 1 aromatic rings. The fraction of sp³-hybridized carbons (Fsp3) is 0.125. The number of aromatic hydroxyl groups is 1. The Morgan fingerprint density at radius 3 is 2.77 bits per heavy atom. The SMILES string of the molecule is Nc1cc(F)cc(C(=O)CBr)c1O. The first-order chi connectivity index (χ1) is 6.06. The van der Waals surface area contributed by atoms with Crippen molar-refractivity contribution >= 4 is 27.4 Å². The minimum atomic E-state index is -0.639. The summed E-state index contributed by atoms with van der Waals surface area (Å²) in [6.45, 7) is 0. The molecule has 0 heterocycles. The molecule has 13 heavy (non-hydrogen) atoms. The highest BCUT2D eigenvalue weighted by Gasteiger charge is 2.13. The molecule has 0 aliphatic carbocycles. The summed E-state index contributed by atoms with van der Waals surface area (Å²) in [6.07, 6.45) is 0. The van der Waals surface area contributed by atoms with Gasteiger partial charge < -0.3 is 10.8 Å². The first-order valence-electron chi connectivity index (χ1n) is 3.43. The van der Waals surface area contributed by atoms with Crippen LogP contribution in [0.2, 0.25) is 0 Å². The van der Waals surface area contributed by atoms with Gasteiger partial charge in [0.1, 0.15) is 11.6 Å². The number of alkyl halides is 1. The molecule has 3 nitrogen and oxygen atoms in total. The maximum absolute atomic E-state index is 12.7. The normalized spacial score (nSPS) is 10.0. The van der Waals surface area contributed by atoms with Crippen LogP contribution in [0.4, 0.5) is 10.1 Å². The topological polar surface area (TPSA) is 63.3 Å². The van der Waals surface area contributed by atoms with Gasteiger partial charge in [-0.1, -0.05) is 15.9 Å². The largest absolute Gasteiger partial charge is 0.505 e. The van der Waals surface area contributed by atoms with Crippen molar-refractivity contribution in [2.45, 2.75) is 0 Å². The summed E-state index contributed by atoms with van der Waals surface area (Å²) >= 11 is 2.91. The van der Waals surface area contributed by atoms with E-state index in [0.29, 0.717) is 0 Å². The Bertz CT molecular complexity index is 354. The molecular weight excluding hydrogens is 241 g/mol. The van der Waals surface area contributed by atoms with Crippen LogP contribution in [0.15, 0.2) is 12.1 Å². The van der Waals surface area contributed by atoms with Gasteiger partial charge >= 0.3 is 0 Å². The van der Waals surface area contributed by atoms with Gasteiger partial charge in [0.05, 0.1) is 16.6 Å². The monoisotopic (exact) mass is 247 g/mol. The predicted molar refractivity (Wildman–Crippen MR) is 50.6 cm³/mol. The average Bonchev–Trinajstić information content (AvgIpc) is 2.10. The number of carbonyl (C=O) groups excluding carboxylic acids is 1. The summed E-state index contributed by atoms with van der Waals surface area (Å²) in [5.41, 5.74) is 5.02. The Hall–Kier alpha value is -1.10. The zero-order chi connectivity index (χ0) is 10.0. The zero-order valence-corrected chi connectivity index (χ0v) is 8.14. The van der Waals surface area contributed by atoms with Gasteiger partial charge in [-0.15, -0.1) is 0 Å². The van der Waals surface area contributed by atoms with E-state index in [2.05, 4.69) is 15.9 Å². The molecule has 0 saturated carbocycles. The quantitative estimate of drug-likeness (QED) is 0.362. The van der Waals surface area contributed by atoms with Gasteiger partial charge in [0.25, 0.3) is 0 Å². The van der Waals surface area contributed by atoms with Crippen molar-refractivity contribution < 1.29 is 14.3 Å². The highest BCUT2D eigenvalue weighted by Crippen LogP contribution is 2.26. The third-order valence-electron chi connectivity index (χ3n) is 1.53. The van der Waals surface area contributed by atoms with E-state index < -0.39 is 11.6 Å². The molecular formula is C8H7BrFNO2. The third-order valence-corrected chi connectivity index (χ3v) is 2.04. The minimum absolute atomic E-state index is 0.0173. The van der Waals surface area contributed by atoms with Gasteiger partial charge in [0, 0.05) is 6.07 Å². The summed E-state index contributed by atoms with van der Waals surface area (Å²) in [6, 6.07) is 1.91. The Balaban J connectivity index is 3.28.